The molecule has 4 nitrogen and oxygen atoms in total. The van der Waals surface area contributed by atoms with Crippen LogP contribution in [0.5, 0.6) is 0 Å². The predicted molar refractivity (Wildman–Crippen MR) is 59.9 cm³/mol. The first kappa shape index (κ1) is 15.0. The third kappa shape index (κ3) is 3.71. The largest absolute Gasteiger partial charge is 0.394 e. The van der Waals surface area contributed by atoms with E-state index in [1.807, 2.05) is 0 Å². The highest BCUT2D eigenvalue weighted by Gasteiger charge is 2.19. The molecule has 0 aromatic heterocycles. The molecule has 1 rings (SSSR count). The van der Waals surface area contributed by atoms with Gasteiger partial charge in [0.1, 0.15) is 23.8 Å². The van der Waals surface area contributed by atoms with Crippen molar-refractivity contribution in [3.05, 3.63) is 34.9 Å². The number of aliphatic hydroxyl groups is 3. The fraction of sp³-hybridized carbons (Fsp3) is 0.500. The molecule has 1 unspecified atom stereocenters. The fourth-order valence-electron chi connectivity index (χ4n) is 1.43. The lowest BCUT2D eigenvalue weighted by atomic mass is 10.1. The number of benzene rings is 1. The van der Waals surface area contributed by atoms with Crippen molar-refractivity contribution < 1.29 is 28.8 Å². The van der Waals surface area contributed by atoms with Crippen molar-refractivity contribution in [1.82, 2.24) is 0 Å². The van der Waals surface area contributed by atoms with Crippen molar-refractivity contribution in [3.63, 3.8) is 0 Å². The minimum Gasteiger partial charge on any atom is -0.394 e. The summed E-state index contributed by atoms with van der Waals surface area (Å²) < 4.78 is 31.5. The van der Waals surface area contributed by atoms with Gasteiger partial charge in [0, 0.05) is 11.6 Å². The Hall–Kier alpha value is -1.08. The second kappa shape index (κ2) is 6.75. The normalized spacial score (nSPS) is 14.6. The molecule has 0 saturated heterocycles. The summed E-state index contributed by atoms with van der Waals surface area (Å²) in [5.74, 6) is -1.40. The Morgan fingerprint density at radius 1 is 1.17 bits per heavy atom. The average molecular weight is 262 g/mol. The lowest BCUT2D eigenvalue weighted by Gasteiger charge is -2.20. The van der Waals surface area contributed by atoms with Crippen LogP contribution < -0.4 is 0 Å². The first-order valence-corrected chi connectivity index (χ1v) is 5.45. The van der Waals surface area contributed by atoms with Crippen LogP contribution in [0.25, 0.3) is 0 Å². The Labute approximate surface area is 103 Å². The van der Waals surface area contributed by atoms with Crippen LogP contribution in [-0.2, 0) is 11.3 Å². The highest BCUT2D eigenvalue weighted by molar-refractivity contribution is 5.25. The zero-order valence-corrected chi connectivity index (χ0v) is 9.94. The Morgan fingerprint density at radius 2 is 1.83 bits per heavy atom. The lowest BCUT2D eigenvalue weighted by molar-refractivity contribution is -0.0866. The van der Waals surface area contributed by atoms with Crippen LogP contribution in [0, 0.1) is 18.6 Å². The van der Waals surface area contributed by atoms with Gasteiger partial charge in [-0.05, 0) is 18.6 Å². The first-order valence-electron chi connectivity index (χ1n) is 5.45. The molecule has 0 aliphatic carbocycles. The van der Waals surface area contributed by atoms with Crippen molar-refractivity contribution in [2.45, 2.75) is 25.7 Å². The molecule has 0 fully saturated rings. The van der Waals surface area contributed by atoms with Gasteiger partial charge < -0.3 is 20.1 Å². The molecule has 0 radical (unpaired) electrons. The van der Waals surface area contributed by atoms with Crippen molar-refractivity contribution in [3.8, 4) is 0 Å². The van der Waals surface area contributed by atoms with Crippen LogP contribution >= 0.6 is 0 Å². The molecule has 102 valence electrons. The number of hydrogen-bond acceptors (Lipinski definition) is 4. The maximum atomic E-state index is 13.4. The molecule has 0 aliphatic rings. The molecule has 0 heterocycles. The van der Waals surface area contributed by atoms with E-state index in [4.69, 9.17) is 14.9 Å². The van der Waals surface area contributed by atoms with Gasteiger partial charge in [-0.1, -0.05) is 0 Å². The second-order valence-electron chi connectivity index (χ2n) is 3.97. The zero-order chi connectivity index (χ0) is 13.7. The second-order valence-corrected chi connectivity index (χ2v) is 3.97. The molecule has 6 heteroatoms. The zero-order valence-electron chi connectivity index (χ0n) is 9.94. The average Bonchev–Trinajstić information content (AvgIpc) is 2.35. The van der Waals surface area contributed by atoms with Gasteiger partial charge in [-0.25, -0.2) is 8.78 Å². The Morgan fingerprint density at radius 3 is 2.39 bits per heavy atom. The van der Waals surface area contributed by atoms with E-state index in [0.717, 1.165) is 6.07 Å². The molecular weight excluding hydrogens is 246 g/mol. The Balaban J connectivity index is 2.70. The molecule has 1 aromatic rings. The fourth-order valence-corrected chi connectivity index (χ4v) is 1.43. The molecule has 0 spiro atoms. The van der Waals surface area contributed by atoms with E-state index < -0.39 is 37.1 Å². The van der Waals surface area contributed by atoms with Crippen molar-refractivity contribution in [1.29, 1.82) is 0 Å². The summed E-state index contributed by atoms with van der Waals surface area (Å²) in [7, 11) is 0. The molecule has 0 bridgehead atoms. The number of aryl methyl sites for hydroxylation is 1. The van der Waals surface area contributed by atoms with Gasteiger partial charge in [0.2, 0.25) is 0 Å². The molecule has 3 N–H and O–H groups in total. The van der Waals surface area contributed by atoms with Crippen molar-refractivity contribution in [2.24, 2.45) is 0 Å². The Kier molecular flexibility index (Phi) is 5.61. The maximum Gasteiger partial charge on any atom is 0.131 e. The van der Waals surface area contributed by atoms with E-state index in [1.54, 1.807) is 0 Å². The van der Waals surface area contributed by atoms with Crippen LogP contribution in [0.4, 0.5) is 8.78 Å². The molecule has 0 saturated carbocycles. The SMILES string of the molecule is Cc1cc(CO[C@H](CO)C(O)CO)c(F)cc1F. The summed E-state index contributed by atoms with van der Waals surface area (Å²) in [6.45, 7) is 0.180. The molecule has 2 atom stereocenters. The number of ether oxygens (including phenoxy) is 1. The minimum atomic E-state index is -1.25. The van der Waals surface area contributed by atoms with E-state index in [-0.39, 0.29) is 17.7 Å². The van der Waals surface area contributed by atoms with Crippen molar-refractivity contribution >= 4 is 0 Å². The topological polar surface area (TPSA) is 69.9 Å². The van der Waals surface area contributed by atoms with Gasteiger partial charge in [-0.3, -0.25) is 0 Å². The molecule has 0 amide bonds. The van der Waals surface area contributed by atoms with E-state index in [1.165, 1.54) is 13.0 Å². The molecule has 1 aromatic carbocycles. The summed E-state index contributed by atoms with van der Waals surface area (Å²) in [5, 5.41) is 26.9. The van der Waals surface area contributed by atoms with Gasteiger partial charge in [-0.15, -0.1) is 0 Å². The van der Waals surface area contributed by atoms with Crippen molar-refractivity contribution in [2.75, 3.05) is 13.2 Å². The first-order chi connectivity index (χ1) is 8.49. The summed E-state index contributed by atoms with van der Waals surface area (Å²) in [6.07, 6.45) is -2.26. The minimum absolute atomic E-state index is 0.123. The van der Waals surface area contributed by atoms with Crippen LogP contribution in [0.2, 0.25) is 0 Å². The highest BCUT2D eigenvalue weighted by Crippen LogP contribution is 2.16. The number of halogens is 2. The predicted octanol–water partition coefficient (Wildman–Crippen LogP) is 0.504. The van der Waals surface area contributed by atoms with E-state index >= 15 is 0 Å². The summed E-state index contributed by atoms with van der Waals surface area (Å²) in [6, 6.07) is 2.05. The number of aliphatic hydroxyl groups excluding tert-OH is 3. The highest BCUT2D eigenvalue weighted by atomic mass is 19.1. The van der Waals surface area contributed by atoms with Crippen LogP contribution in [0.3, 0.4) is 0 Å². The summed E-state index contributed by atoms with van der Waals surface area (Å²) >= 11 is 0. The van der Waals surface area contributed by atoms with E-state index in [0.29, 0.717) is 0 Å². The van der Waals surface area contributed by atoms with Gasteiger partial charge in [0.15, 0.2) is 0 Å². The lowest BCUT2D eigenvalue weighted by Crippen LogP contribution is -2.35. The van der Waals surface area contributed by atoms with E-state index in [9.17, 15) is 13.9 Å². The third-order valence-corrected chi connectivity index (χ3v) is 2.58. The Bertz CT molecular complexity index is 398. The smallest absolute Gasteiger partial charge is 0.131 e. The monoisotopic (exact) mass is 262 g/mol. The van der Waals surface area contributed by atoms with Gasteiger partial charge in [-0.2, -0.15) is 0 Å². The summed E-state index contributed by atoms with van der Waals surface area (Å²) in [4.78, 5) is 0. The quantitative estimate of drug-likeness (QED) is 0.698. The molecule has 18 heavy (non-hydrogen) atoms. The van der Waals surface area contributed by atoms with Gasteiger partial charge in [0.05, 0.1) is 19.8 Å². The number of hydrogen-bond donors (Lipinski definition) is 3. The summed E-state index contributed by atoms with van der Waals surface area (Å²) in [5.41, 5.74) is 0.399. The van der Waals surface area contributed by atoms with Gasteiger partial charge in [0.25, 0.3) is 0 Å². The third-order valence-electron chi connectivity index (χ3n) is 2.58. The van der Waals surface area contributed by atoms with Crippen LogP contribution in [0.1, 0.15) is 11.1 Å². The standard InChI is InChI=1S/C12H16F2O4/c1-7-2-8(10(14)3-9(7)13)6-18-12(5-16)11(17)4-15/h2-3,11-12,15-17H,4-6H2,1H3/t11?,12-/m1/s1. The molecular formula is C12H16F2O4. The van der Waals surface area contributed by atoms with Crippen LogP contribution in [-0.4, -0.2) is 40.7 Å². The van der Waals surface area contributed by atoms with Crippen LogP contribution in [0.15, 0.2) is 12.1 Å². The molecule has 0 aliphatic heterocycles. The van der Waals surface area contributed by atoms with Gasteiger partial charge >= 0.3 is 0 Å². The number of rotatable bonds is 6. The maximum absolute atomic E-state index is 13.4. The van der Waals surface area contributed by atoms with E-state index in [2.05, 4.69) is 0 Å².